The first-order valence-corrected chi connectivity index (χ1v) is 10.8. The smallest absolute Gasteiger partial charge is 0.200 e. The number of carbonyl (C=O) groups is 1. The molecule has 3 heterocycles. The van der Waals surface area contributed by atoms with Crippen LogP contribution in [-0.2, 0) is 11.3 Å². The van der Waals surface area contributed by atoms with Gasteiger partial charge in [0.15, 0.2) is 12.0 Å². The topological polar surface area (TPSA) is 73.2 Å². The van der Waals surface area contributed by atoms with Crippen LogP contribution in [0.2, 0.25) is 0 Å². The highest BCUT2D eigenvalue weighted by Crippen LogP contribution is 2.25. The van der Waals surface area contributed by atoms with Crippen LogP contribution in [0.3, 0.4) is 0 Å². The molecule has 0 aliphatic carbocycles. The molecular formula is C25H18BrN3O3. The molecule has 1 atom stereocenters. The molecule has 5 rings (SSSR count). The largest absolute Gasteiger partial charge is 0.473 e. The first kappa shape index (κ1) is 20.2. The van der Waals surface area contributed by atoms with Gasteiger partial charge in [0.05, 0.1) is 23.3 Å². The van der Waals surface area contributed by atoms with Gasteiger partial charge in [-0.15, -0.1) is 0 Å². The SMILES string of the molecule is O=C(c1ccccc1C1NC=CO1)c1cn(Cc2cccc(Br)n2)c2ccccc2c1=O. The lowest BCUT2D eigenvalue weighted by Gasteiger charge is -2.17. The molecule has 0 amide bonds. The summed E-state index contributed by atoms with van der Waals surface area (Å²) in [5.74, 6) is -0.343. The van der Waals surface area contributed by atoms with Gasteiger partial charge >= 0.3 is 0 Å². The van der Waals surface area contributed by atoms with Gasteiger partial charge in [-0.25, -0.2) is 4.98 Å². The van der Waals surface area contributed by atoms with Crippen LogP contribution in [0.5, 0.6) is 0 Å². The van der Waals surface area contributed by atoms with E-state index in [2.05, 4.69) is 26.2 Å². The van der Waals surface area contributed by atoms with Gasteiger partial charge in [0, 0.05) is 28.9 Å². The van der Waals surface area contributed by atoms with Gasteiger partial charge in [0.25, 0.3) is 0 Å². The molecule has 0 bridgehead atoms. The van der Waals surface area contributed by atoms with Crippen LogP contribution in [0, 0.1) is 0 Å². The van der Waals surface area contributed by atoms with Crippen LogP contribution in [0.1, 0.15) is 33.4 Å². The number of halogens is 1. The molecule has 0 saturated carbocycles. The van der Waals surface area contributed by atoms with Crippen molar-refractivity contribution in [1.29, 1.82) is 0 Å². The van der Waals surface area contributed by atoms with E-state index in [9.17, 15) is 9.59 Å². The minimum Gasteiger partial charge on any atom is -0.473 e. The monoisotopic (exact) mass is 487 g/mol. The quantitative estimate of drug-likeness (QED) is 0.330. The third-order valence-corrected chi connectivity index (χ3v) is 5.80. The standard InChI is InChI=1S/C25H18BrN3O3/c26-22-11-5-6-16(28-22)14-29-15-20(24(31)19-9-3-4-10-21(19)29)23(30)17-7-1-2-8-18(17)25-27-12-13-32-25/h1-13,15,25,27H,14H2. The van der Waals surface area contributed by atoms with Crippen LogP contribution >= 0.6 is 15.9 Å². The predicted molar refractivity (Wildman–Crippen MR) is 125 cm³/mol. The second kappa shape index (κ2) is 8.43. The lowest BCUT2D eigenvalue weighted by molar-refractivity contribution is 0.102. The summed E-state index contributed by atoms with van der Waals surface area (Å²) in [5, 5.41) is 3.55. The maximum Gasteiger partial charge on any atom is 0.200 e. The van der Waals surface area contributed by atoms with Crippen molar-refractivity contribution in [2.24, 2.45) is 0 Å². The summed E-state index contributed by atoms with van der Waals surface area (Å²) in [6.07, 6.45) is 4.39. The number of hydrogen-bond donors (Lipinski definition) is 1. The van der Waals surface area contributed by atoms with Gasteiger partial charge < -0.3 is 14.6 Å². The fourth-order valence-electron chi connectivity index (χ4n) is 3.88. The van der Waals surface area contributed by atoms with Gasteiger partial charge in [0.1, 0.15) is 10.9 Å². The molecule has 1 aliphatic heterocycles. The summed E-state index contributed by atoms with van der Waals surface area (Å²) in [6.45, 7) is 0.416. The lowest BCUT2D eigenvalue weighted by Crippen LogP contribution is -2.23. The molecule has 6 nitrogen and oxygen atoms in total. The van der Waals surface area contributed by atoms with E-state index in [0.29, 0.717) is 23.1 Å². The zero-order valence-corrected chi connectivity index (χ0v) is 18.5. The van der Waals surface area contributed by atoms with E-state index in [1.54, 1.807) is 42.9 Å². The average molecular weight is 488 g/mol. The number of ketones is 1. The molecule has 4 aromatic rings. The molecule has 0 saturated heterocycles. The number of hydrogen-bond acceptors (Lipinski definition) is 5. The summed E-state index contributed by atoms with van der Waals surface area (Å²) in [5.41, 5.74) is 2.47. The molecule has 0 radical (unpaired) electrons. The van der Waals surface area contributed by atoms with Crippen molar-refractivity contribution in [3.8, 4) is 0 Å². The number of ether oxygens (including phenoxy) is 1. The highest BCUT2D eigenvalue weighted by atomic mass is 79.9. The minimum atomic E-state index is -0.469. The van der Waals surface area contributed by atoms with Crippen molar-refractivity contribution in [3.63, 3.8) is 0 Å². The second-order valence-electron chi connectivity index (χ2n) is 7.37. The number of benzene rings is 2. The zero-order chi connectivity index (χ0) is 22.1. The maximum atomic E-state index is 13.6. The molecule has 1 unspecified atom stereocenters. The molecule has 2 aromatic carbocycles. The summed E-state index contributed by atoms with van der Waals surface area (Å²) < 4.78 is 8.16. The number of nitrogens with one attached hydrogen (secondary N) is 1. The van der Waals surface area contributed by atoms with E-state index < -0.39 is 6.23 Å². The Morgan fingerprint density at radius 2 is 1.84 bits per heavy atom. The van der Waals surface area contributed by atoms with E-state index in [1.807, 2.05) is 47.0 Å². The Morgan fingerprint density at radius 1 is 1.03 bits per heavy atom. The fourth-order valence-corrected chi connectivity index (χ4v) is 4.26. The summed E-state index contributed by atoms with van der Waals surface area (Å²) in [6, 6.07) is 20.1. The van der Waals surface area contributed by atoms with Gasteiger partial charge in [0.2, 0.25) is 5.43 Å². The molecule has 1 N–H and O–H groups in total. The second-order valence-corrected chi connectivity index (χ2v) is 8.18. The normalized spacial score (nSPS) is 14.8. The van der Waals surface area contributed by atoms with Gasteiger partial charge in [-0.05, 0) is 40.2 Å². The van der Waals surface area contributed by atoms with Crippen molar-refractivity contribution in [2.75, 3.05) is 0 Å². The molecule has 158 valence electrons. The maximum absolute atomic E-state index is 13.6. The van der Waals surface area contributed by atoms with E-state index in [-0.39, 0.29) is 16.8 Å². The van der Waals surface area contributed by atoms with E-state index >= 15 is 0 Å². The molecular weight excluding hydrogens is 470 g/mol. The lowest BCUT2D eigenvalue weighted by atomic mass is 9.97. The predicted octanol–water partition coefficient (Wildman–Crippen LogP) is 4.53. The highest BCUT2D eigenvalue weighted by molar-refractivity contribution is 9.10. The number of para-hydroxylation sites is 1. The Labute approximate surface area is 192 Å². The summed E-state index contributed by atoms with van der Waals surface area (Å²) >= 11 is 3.40. The average Bonchev–Trinajstić information content (AvgIpc) is 3.35. The van der Waals surface area contributed by atoms with Gasteiger partial charge in [-0.3, -0.25) is 9.59 Å². The van der Waals surface area contributed by atoms with Crippen LogP contribution in [-0.4, -0.2) is 15.3 Å². The Balaban J connectivity index is 1.64. The Kier molecular flexibility index (Phi) is 5.33. The number of fused-ring (bicyclic) bond motifs is 1. The number of pyridine rings is 2. The molecule has 32 heavy (non-hydrogen) atoms. The molecule has 2 aromatic heterocycles. The minimum absolute atomic E-state index is 0.108. The Bertz CT molecular complexity index is 1420. The number of carbonyl (C=O) groups excluding carboxylic acids is 1. The van der Waals surface area contributed by atoms with Gasteiger partial charge in [-0.2, -0.15) is 0 Å². The van der Waals surface area contributed by atoms with Crippen molar-refractivity contribution in [1.82, 2.24) is 14.9 Å². The number of rotatable bonds is 5. The number of aromatic nitrogens is 2. The molecule has 0 fully saturated rings. The first-order chi connectivity index (χ1) is 15.6. The molecule has 7 heteroatoms. The van der Waals surface area contributed by atoms with Crippen molar-refractivity contribution in [2.45, 2.75) is 12.8 Å². The number of nitrogens with zero attached hydrogens (tertiary/aromatic N) is 2. The first-order valence-electron chi connectivity index (χ1n) is 10.1. The van der Waals surface area contributed by atoms with Crippen LogP contribution in [0.25, 0.3) is 10.9 Å². The molecule has 0 spiro atoms. The van der Waals surface area contributed by atoms with Crippen molar-refractivity contribution in [3.05, 3.63) is 123 Å². The van der Waals surface area contributed by atoms with E-state index in [4.69, 9.17) is 4.74 Å². The third-order valence-electron chi connectivity index (χ3n) is 5.36. The van der Waals surface area contributed by atoms with Crippen LogP contribution in [0.4, 0.5) is 0 Å². The van der Waals surface area contributed by atoms with E-state index in [1.165, 1.54) is 0 Å². The van der Waals surface area contributed by atoms with Gasteiger partial charge in [-0.1, -0.05) is 42.5 Å². The van der Waals surface area contributed by atoms with Crippen LogP contribution in [0.15, 0.2) is 94.8 Å². The molecule has 1 aliphatic rings. The highest BCUT2D eigenvalue weighted by Gasteiger charge is 2.24. The van der Waals surface area contributed by atoms with Crippen molar-refractivity contribution < 1.29 is 9.53 Å². The third kappa shape index (κ3) is 3.71. The zero-order valence-electron chi connectivity index (χ0n) is 16.9. The Hall–Kier alpha value is -3.71. The summed E-state index contributed by atoms with van der Waals surface area (Å²) in [4.78, 5) is 31.4. The summed E-state index contributed by atoms with van der Waals surface area (Å²) in [7, 11) is 0. The van der Waals surface area contributed by atoms with Crippen molar-refractivity contribution >= 4 is 32.6 Å². The van der Waals surface area contributed by atoms with Crippen LogP contribution < -0.4 is 10.7 Å². The Morgan fingerprint density at radius 3 is 2.66 bits per heavy atom. The fraction of sp³-hybridized carbons (Fsp3) is 0.0800. The van der Waals surface area contributed by atoms with E-state index in [0.717, 1.165) is 15.8 Å².